The van der Waals surface area contributed by atoms with E-state index in [-0.39, 0.29) is 0 Å². The van der Waals surface area contributed by atoms with E-state index in [1.54, 1.807) is 12.5 Å². The second-order valence-corrected chi connectivity index (χ2v) is 3.60. The molecule has 0 N–H and O–H groups in total. The quantitative estimate of drug-likeness (QED) is 0.547. The number of benzene rings is 1. The van der Waals surface area contributed by atoms with E-state index in [4.69, 9.17) is 0 Å². The largest absolute Gasteiger partial charge is 0.259 e. The van der Waals surface area contributed by atoms with E-state index in [0.717, 1.165) is 32.7 Å². The number of hydrogen-bond donors (Lipinski definition) is 0. The third-order valence-corrected chi connectivity index (χ3v) is 2.66. The van der Waals surface area contributed by atoms with Crippen LogP contribution in [-0.2, 0) is 0 Å². The normalized spacial score (nSPS) is 11.3. The van der Waals surface area contributed by atoms with Crippen LogP contribution in [-0.4, -0.2) is 15.0 Å². The van der Waals surface area contributed by atoms with Crippen LogP contribution in [0.15, 0.2) is 24.7 Å². The molecule has 3 heteroatoms. The van der Waals surface area contributed by atoms with Crippen LogP contribution in [0.25, 0.3) is 28.4 Å². The van der Waals surface area contributed by atoms with Gasteiger partial charge in [-0.05, 0) is 18.2 Å². The molecule has 0 saturated heterocycles. The van der Waals surface area contributed by atoms with Crippen molar-refractivity contribution in [3.63, 3.8) is 0 Å². The van der Waals surface area contributed by atoms with Gasteiger partial charge in [0, 0.05) is 16.5 Å². The SMILES string of the molecule is C=c1ccc2ncnc3cnc(C)c1c23. The Balaban J connectivity index is 2.79. The zero-order chi connectivity index (χ0) is 10.4. The zero-order valence-electron chi connectivity index (χ0n) is 8.36. The van der Waals surface area contributed by atoms with Gasteiger partial charge in [-0.3, -0.25) is 4.98 Å². The summed E-state index contributed by atoms with van der Waals surface area (Å²) in [5, 5.41) is 3.12. The van der Waals surface area contributed by atoms with Crippen molar-refractivity contribution < 1.29 is 0 Å². The molecule has 3 aromatic rings. The maximum absolute atomic E-state index is 4.32. The molecule has 2 heterocycles. The lowest BCUT2D eigenvalue weighted by molar-refractivity contribution is 1.20. The highest BCUT2D eigenvalue weighted by Gasteiger charge is 2.07. The summed E-state index contributed by atoms with van der Waals surface area (Å²) in [5.74, 6) is 0. The summed E-state index contributed by atoms with van der Waals surface area (Å²) in [5.41, 5.74) is 2.81. The molecule has 0 unspecified atom stereocenters. The number of rotatable bonds is 0. The predicted molar refractivity (Wildman–Crippen MR) is 60.3 cm³/mol. The van der Waals surface area contributed by atoms with Gasteiger partial charge < -0.3 is 0 Å². The van der Waals surface area contributed by atoms with Crippen LogP contribution in [0, 0.1) is 6.92 Å². The van der Waals surface area contributed by atoms with Crippen molar-refractivity contribution in [1.29, 1.82) is 0 Å². The Morgan fingerprint density at radius 1 is 1.00 bits per heavy atom. The maximum Gasteiger partial charge on any atom is 0.116 e. The van der Waals surface area contributed by atoms with E-state index in [9.17, 15) is 0 Å². The standard InChI is InChI=1S/C12H9N3/c1-7-3-4-9-12-10(15-6-14-9)5-13-8(2)11(7)12/h3-6H,1H2,2H3. The summed E-state index contributed by atoms with van der Waals surface area (Å²) in [6.45, 7) is 6.00. The molecule has 0 spiro atoms. The Bertz CT molecular complexity index is 688. The summed E-state index contributed by atoms with van der Waals surface area (Å²) in [4.78, 5) is 12.8. The minimum Gasteiger partial charge on any atom is -0.259 e. The molecule has 15 heavy (non-hydrogen) atoms. The van der Waals surface area contributed by atoms with Gasteiger partial charge in [-0.25, -0.2) is 9.97 Å². The predicted octanol–water partition coefficient (Wildman–Crippen LogP) is 1.62. The van der Waals surface area contributed by atoms with E-state index in [0.29, 0.717) is 0 Å². The molecule has 0 atom stereocenters. The Morgan fingerprint density at radius 2 is 1.80 bits per heavy atom. The van der Waals surface area contributed by atoms with Crippen molar-refractivity contribution in [2.24, 2.45) is 0 Å². The van der Waals surface area contributed by atoms with Gasteiger partial charge in [-0.15, -0.1) is 0 Å². The fourth-order valence-electron chi connectivity index (χ4n) is 1.95. The van der Waals surface area contributed by atoms with E-state index in [2.05, 4.69) is 21.5 Å². The molecule has 3 rings (SSSR count). The molecule has 3 nitrogen and oxygen atoms in total. The average molecular weight is 195 g/mol. The summed E-state index contributed by atoms with van der Waals surface area (Å²) in [6.07, 6.45) is 3.35. The average Bonchev–Trinajstić information content (AvgIpc) is 2.25. The van der Waals surface area contributed by atoms with Gasteiger partial charge >= 0.3 is 0 Å². The lowest BCUT2D eigenvalue weighted by atomic mass is 10.1. The number of aryl methyl sites for hydroxylation is 1. The van der Waals surface area contributed by atoms with Gasteiger partial charge in [0.25, 0.3) is 0 Å². The van der Waals surface area contributed by atoms with Crippen LogP contribution < -0.4 is 5.22 Å². The van der Waals surface area contributed by atoms with Gasteiger partial charge in [0.2, 0.25) is 0 Å². The lowest BCUT2D eigenvalue weighted by Crippen LogP contribution is -2.04. The van der Waals surface area contributed by atoms with E-state index >= 15 is 0 Å². The number of nitrogens with zero attached hydrogens (tertiary/aromatic N) is 3. The molecule has 72 valence electrons. The molecular formula is C12H9N3. The van der Waals surface area contributed by atoms with Crippen molar-refractivity contribution in [1.82, 2.24) is 15.0 Å². The molecule has 0 fully saturated rings. The highest BCUT2D eigenvalue weighted by Crippen LogP contribution is 2.21. The van der Waals surface area contributed by atoms with E-state index in [1.165, 1.54) is 0 Å². The maximum atomic E-state index is 4.32. The summed E-state index contributed by atoms with van der Waals surface area (Å²) in [6, 6.07) is 3.94. The highest BCUT2D eigenvalue weighted by molar-refractivity contribution is 6.07. The van der Waals surface area contributed by atoms with Crippen LogP contribution >= 0.6 is 0 Å². The van der Waals surface area contributed by atoms with E-state index < -0.39 is 0 Å². The zero-order valence-corrected chi connectivity index (χ0v) is 8.36. The van der Waals surface area contributed by atoms with Crippen molar-refractivity contribution in [2.75, 3.05) is 0 Å². The first kappa shape index (κ1) is 8.29. The van der Waals surface area contributed by atoms with Crippen molar-refractivity contribution in [3.8, 4) is 0 Å². The van der Waals surface area contributed by atoms with Gasteiger partial charge in [0.1, 0.15) is 6.33 Å². The minimum atomic E-state index is 0.881. The molecule has 2 aromatic heterocycles. The molecule has 0 radical (unpaired) electrons. The van der Waals surface area contributed by atoms with Gasteiger partial charge in [-0.2, -0.15) is 0 Å². The Kier molecular flexibility index (Phi) is 1.51. The molecular weight excluding hydrogens is 186 g/mol. The van der Waals surface area contributed by atoms with Crippen molar-refractivity contribution in [2.45, 2.75) is 6.92 Å². The highest BCUT2D eigenvalue weighted by atomic mass is 14.8. The first-order valence-corrected chi connectivity index (χ1v) is 4.75. The molecule has 0 saturated carbocycles. The number of aromatic nitrogens is 3. The number of pyridine rings is 1. The molecule has 0 aliphatic rings. The Morgan fingerprint density at radius 3 is 2.67 bits per heavy atom. The summed E-state index contributed by atoms with van der Waals surface area (Å²) >= 11 is 0. The second-order valence-electron chi connectivity index (χ2n) is 3.60. The third-order valence-electron chi connectivity index (χ3n) is 2.66. The van der Waals surface area contributed by atoms with Crippen LogP contribution in [0.4, 0.5) is 0 Å². The number of hydrogen-bond acceptors (Lipinski definition) is 3. The van der Waals surface area contributed by atoms with Crippen molar-refractivity contribution in [3.05, 3.63) is 35.6 Å². The summed E-state index contributed by atoms with van der Waals surface area (Å²) in [7, 11) is 0. The van der Waals surface area contributed by atoms with Crippen LogP contribution in [0.1, 0.15) is 5.69 Å². The molecule has 0 amide bonds. The topological polar surface area (TPSA) is 38.7 Å². The third kappa shape index (κ3) is 1.03. The Labute approximate surface area is 86.5 Å². The van der Waals surface area contributed by atoms with Gasteiger partial charge in [0.05, 0.1) is 17.2 Å². The van der Waals surface area contributed by atoms with Gasteiger partial charge in [0.15, 0.2) is 0 Å². The smallest absolute Gasteiger partial charge is 0.116 e. The van der Waals surface area contributed by atoms with Crippen LogP contribution in [0.3, 0.4) is 0 Å². The molecule has 0 aliphatic heterocycles. The second kappa shape index (κ2) is 2.73. The first-order valence-electron chi connectivity index (χ1n) is 4.75. The van der Waals surface area contributed by atoms with E-state index in [1.807, 2.05) is 19.1 Å². The fourth-order valence-corrected chi connectivity index (χ4v) is 1.95. The fraction of sp³-hybridized carbons (Fsp3) is 0.0833. The summed E-state index contributed by atoms with van der Waals surface area (Å²) < 4.78 is 0. The molecule has 1 aromatic carbocycles. The van der Waals surface area contributed by atoms with Crippen molar-refractivity contribution >= 4 is 28.4 Å². The molecule has 0 aliphatic carbocycles. The van der Waals surface area contributed by atoms with Crippen LogP contribution in [0.2, 0.25) is 0 Å². The lowest BCUT2D eigenvalue weighted by Gasteiger charge is -2.05. The first-order chi connectivity index (χ1) is 7.27. The molecule has 0 bridgehead atoms. The van der Waals surface area contributed by atoms with Gasteiger partial charge in [-0.1, -0.05) is 12.6 Å². The monoisotopic (exact) mass is 195 g/mol. The van der Waals surface area contributed by atoms with Crippen LogP contribution in [0.5, 0.6) is 0 Å². The minimum absolute atomic E-state index is 0.881. The Hall–Kier alpha value is -2.03.